The zero-order valence-corrected chi connectivity index (χ0v) is 12.6. The number of rotatable bonds is 1. The van der Waals surface area contributed by atoms with Crippen LogP contribution in [-0.2, 0) is 14.3 Å². The van der Waals surface area contributed by atoms with Crippen molar-refractivity contribution in [3.05, 3.63) is 21.1 Å². The highest BCUT2D eigenvalue weighted by Gasteiger charge is 2.46. The summed E-state index contributed by atoms with van der Waals surface area (Å²) in [6.45, 7) is 1.37. The van der Waals surface area contributed by atoms with E-state index in [-0.39, 0.29) is 11.7 Å². The zero-order valence-electron chi connectivity index (χ0n) is 9.44. The van der Waals surface area contributed by atoms with E-state index in [1.54, 1.807) is 12.2 Å². The molecule has 0 radical (unpaired) electrons. The molecule has 1 heterocycles. The fourth-order valence-electron chi connectivity index (χ4n) is 2.08. The van der Waals surface area contributed by atoms with Gasteiger partial charge in [0, 0.05) is 13.3 Å². The lowest BCUT2D eigenvalue weighted by Crippen LogP contribution is -2.39. The van der Waals surface area contributed by atoms with Crippen LogP contribution >= 0.6 is 31.9 Å². The number of ketones is 1. The van der Waals surface area contributed by atoms with E-state index in [4.69, 9.17) is 4.74 Å². The van der Waals surface area contributed by atoms with Gasteiger partial charge in [-0.25, -0.2) is 0 Å². The van der Waals surface area contributed by atoms with Crippen LogP contribution in [0.1, 0.15) is 13.3 Å². The number of hydrogen-bond acceptors (Lipinski definition) is 4. The summed E-state index contributed by atoms with van der Waals surface area (Å²) in [7, 11) is 0. The molecule has 2 rings (SSSR count). The van der Waals surface area contributed by atoms with Gasteiger partial charge in [0.2, 0.25) is 11.7 Å². The fourth-order valence-corrected chi connectivity index (χ4v) is 3.55. The summed E-state index contributed by atoms with van der Waals surface area (Å²) in [4.78, 5) is 22.6. The van der Waals surface area contributed by atoms with Crippen LogP contribution in [0.5, 0.6) is 0 Å². The molecule has 2 aliphatic rings. The lowest BCUT2D eigenvalue weighted by molar-refractivity contribution is -0.128. The molecule has 2 N–H and O–H groups in total. The fraction of sp³-hybridized carbons (Fsp3) is 0.455. The van der Waals surface area contributed by atoms with Gasteiger partial charge in [-0.1, -0.05) is 0 Å². The van der Waals surface area contributed by atoms with Gasteiger partial charge in [-0.3, -0.25) is 9.59 Å². The van der Waals surface area contributed by atoms with Crippen molar-refractivity contribution in [2.75, 3.05) is 0 Å². The Morgan fingerprint density at radius 3 is 2.56 bits per heavy atom. The number of Topliss-reactive ketones (excluding diaryl/α,β-unsaturated/α-hetero) is 1. The molecule has 0 saturated carbocycles. The summed E-state index contributed by atoms with van der Waals surface area (Å²) in [5.74, 6) is -0.417. The summed E-state index contributed by atoms with van der Waals surface area (Å²) in [6, 6.07) is -0.496. The van der Waals surface area contributed by atoms with Gasteiger partial charge in [0.1, 0.15) is 5.60 Å². The van der Waals surface area contributed by atoms with Crippen molar-refractivity contribution in [1.29, 1.82) is 0 Å². The minimum atomic E-state index is -1.10. The van der Waals surface area contributed by atoms with Crippen molar-refractivity contribution in [2.24, 2.45) is 0 Å². The molecule has 0 aromatic rings. The summed E-state index contributed by atoms with van der Waals surface area (Å²) in [5, 5.41) is 12.4. The predicted molar refractivity (Wildman–Crippen MR) is 71.1 cm³/mol. The second-order valence-electron chi connectivity index (χ2n) is 4.29. The average Bonchev–Trinajstić information content (AvgIpc) is 2.51. The van der Waals surface area contributed by atoms with Gasteiger partial charge in [0.15, 0.2) is 6.29 Å². The molecule has 98 valence electrons. The molecule has 0 aromatic carbocycles. The van der Waals surface area contributed by atoms with E-state index in [9.17, 15) is 14.7 Å². The Morgan fingerprint density at radius 2 is 2.06 bits per heavy atom. The van der Waals surface area contributed by atoms with E-state index in [1.807, 2.05) is 0 Å². The largest absolute Gasteiger partial charge is 0.366 e. The molecule has 18 heavy (non-hydrogen) atoms. The molecule has 2 unspecified atom stereocenters. The Kier molecular flexibility index (Phi) is 3.77. The molecule has 7 heteroatoms. The van der Waals surface area contributed by atoms with Crippen LogP contribution in [0.3, 0.4) is 0 Å². The van der Waals surface area contributed by atoms with Gasteiger partial charge in [0.05, 0.1) is 15.0 Å². The number of amides is 1. The third-order valence-electron chi connectivity index (χ3n) is 2.79. The maximum absolute atomic E-state index is 11.6. The second-order valence-corrected chi connectivity index (χ2v) is 6.00. The van der Waals surface area contributed by atoms with Gasteiger partial charge in [0.25, 0.3) is 0 Å². The molecule has 1 aliphatic carbocycles. The van der Waals surface area contributed by atoms with E-state index < -0.39 is 17.9 Å². The molecule has 2 atom stereocenters. The van der Waals surface area contributed by atoms with Gasteiger partial charge in [-0.2, -0.15) is 0 Å². The van der Waals surface area contributed by atoms with Crippen LogP contribution in [-0.4, -0.2) is 34.7 Å². The van der Waals surface area contributed by atoms with Crippen LogP contribution in [0, 0.1) is 0 Å². The van der Waals surface area contributed by atoms with Crippen molar-refractivity contribution < 1.29 is 19.4 Å². The molecule has 0 bridgehead atoms. The number of carbonyl (C=O) groups excluding carboxylic acids is 2. The molecule has 1 saturated heterocycles. The highest BCUT2D eigenvalue weighted by Crippen LogP contribution is 2.39. The van der Waals surface area contributed by atoms with Crippen molar-refractivity contribution in [2.45, 2.75) is 31.3 Å². The van der Waals surface area contributed by atoms with Crippen LogP contribution < -0.4 is 5.32 Å². The number of hydrogen-bond donors (Lipinski definition) is 2. The quantitative estimate of drug-likeness (QED) is 0.714. The van der Waals surface area contributed by atoms with Gasteiger partial charge in [-0.05, 0) is 44.0 Å². The van der Waals surface area contributed by atoms with Crippen molar-refractivity contribution in [3.63, 3.8) is 0 Å². The van der Waals surface area contributed by atoms with E-state index in [0.717, 1.165) is 0 Å². The Morgan fingerprint density at radius 1 is 1.50 bits per heavy atom. The van der Waals surface area contributed by atoms with Crippen LogP contribution in [0.4, 0.5) is 0 Å². The van der Waals surface area contributed by atoms with E-state index in [2.05, 4.69) is 37.2 Å². The molecular formula is C11H11Br2NO4. The molecule has 1 spiro atoms. The molecule has 0 aromatic heterocycles. The van der Waals surface area contributed by atoms with Gasteiger partial charge < -0.3 is 15.2 Å². The number of aliphatic hydroxyl groups is 1. The Balaban J connectivity index is 2.25. The smallest absolute Gasteiger partial charge is 0.217 e. The lowest BCUT2D eigenvalue weighted by atomic mass is 9.92. The minimum absolute atomic E-state index is 0.179. The molecule has 1 fully saturated rings. The Hall–Kier alpha value is -0.500. The summed E-state index contributed by atoms with van der Waals surface area (Å²) < 4.78 is 6.20. The number of aliphatic hydroxyl groups excluding tert-OH is 1. The van der Waals surface area contributed by atoms with Crippen LogP contribution in [0.15, 0.2) is 21.1 Å². The SMILES string of the molecule is CC(=O)NC1CC2(C=C(Br)C(=O)C(Br)=C2)OC1O. The third-order valence-corrected chi connectivity index (χ3v) is 3.97. The summed E-state index contributed by atoms with van der Waals surface area (Å²) in [6.07, 6.45) is 2.47. The first-order valence-electron chi connectivity index (χ1n) is 5.27. The normalized spacial score (nSPS) is 30.1. The third kappa shape index (κ3) is 2.59. The molecule has 5 nitrogen and oxygen atoms in total. The number of halogens is 2. The first-order valence-corrected chi connectivity index (χ1v) is 6.86. The number of carbonyl (C=O) groups is 2. The van der Waals surface area contributed by atoms with Crippen LogP contribution in [0.25, 0.3) is 0 Å². The van der Waals surface area contributed by atoms with E-state index in [1.165, 1.54) is 6.92 Å². The number of allylic oxidation sites excluding steroid dienone is 2. The first-order chi connectivity index (χ1) is 8.33. The summed E-state index contributed by atoms with van der Waals surface area (Å²) >= 11 is 6.32. The number of nitrogens with one attached hydrogen (secondary N) is 1. The number of ether oxygens (including phenoxy) is 1. The standard InChI is InChI=1S/C11H11Br2NO4/c1-5(15)14-8-4-11(18-10(8)17)2-6(12)9(16)7(13)3-11/h2-3,8,10,17H,4H2,1H3,(H,14,15). The monoisotopic (exact) mass is 379 g/mol. The van der Waals surface area contributed by atoms with Gasteiger partial charge in [-0.15, -0.1) is 0 Å². The van der Waals surface area contributed by atoms with Crippen LogP contribution in [0.2, 0.25) is 0 Å². The molecule has 1 aliphatic heterocycles. The van der Waals surface area contributed by atoms with E-state index >= 15 is 0 Å². The maximum atomic E-state index is 11.6. The van der Waals surface area contributed by atoms with Crippen molar-refractivity contribution in [3.8, 4) is 0 Å². The Labute approximate surface area is 121 Å². The predicted octanol–water partition coefficient (Wildman–Crippen LogP) is 1.11. The second kappa shape index (κ2) is 4.88. The highest BCUT2D eigenvalue weighted by molar-refractivity contribution is 9.13. The van der Waals surface area contributed by atoms with Crippen molar-refractivity contribution >= 4 is 43.6 Å². The van der Waals surface area contributed by atoms with Gasteiger partial charge >= 0.3 is 0 Å². The first kappa shape index (κ1) is 13.9. The average molecular weight is 381 g/mol. The maximum Gasteiger partial charge on any atom is 0.217 e. The van der Waals surface area contributed by atoms with Crippen molar-refractivity contribution in [1.82, 2.24) is 5.32 Å². The van der Waals surface area contributed by atoms with E-state index in [0.29, 0.717) is 15.4 Å². The lowest BCUT2D eigenvalue weighted by Gasteiger charge is -2.25. The summed E-state index contributed by atoms with van der Waals surface area (Å²) in [5.41, 5.74) is -0.877. The highest BCUT2D eigenvalue weighted by atomic mass is 79.9. The molecular weight excluding hydrogens is 370 g/mol. The Bertz CT molecular complexity index is 450. The molecule has 1 amide bonds. The topological polar surface area (TPSA) is 75.6 Å². The minimum Gasteiger partial charge on any atom is -0.366 e. The zero-order chi connectivity index (χ0) is 13.5.